The van der Waals surface area contributed by atoms with E-state index in [9.17, 15) is 24.0 Å². The van der Waals surface area contributed by atoms with Crippen LogP contribution in [0.3, 0.4) is 0 Å². The van der Waals surface area contributed by atoms with Gasteiger partial charge in [-0.05, 0) is 105 Å². The Balaban J connectivity index is 0.722. The van der Waals surface area contributed by atoms with Gasteiger partial charge in [0.25, 0.3) is 11.8 Å². The number of hydrogen-bond donors (Lipinski definition) is 1. The summed E-state index contributed by atoms with van der Waals surface area (Å²) in [6, 6.07) is 19.8. The number of hydrogen-bond acceptors (Lipinski definition) is 11. The molecule has 1 N–H and O–H groups in total. The molecular formula is C49H52ClN9O6. The molecule has 0 spiro atoms. The van der Waals surface area contributed by atoms with Crippen molar-refractivity contribution in [3.8, 4) is 5.75 Å². The van der Waals surface area contributed by atoms with Crippen LogP contribution in [-0.4, -0.2) is 119 Å². The summed E-state index contributed by atoms with van der Waals surface area (Å²) in [6.07, 6.45) is 5.79. The molecule has 336 valence electrons. The van der Waals surface area contributed by atoms with E-state index in [1.165, 1.54) is 0 Å². The molecule has 16 heteroatoms. The van der Waals surface area contributed by atoms with E-state index in [2.05, 4.69) is 43.7 Å². The van der Waals surface area contributed by atoms with E-state index < -0.39 is 29.7 Å². The molecule has 6 heterocycles. The van der Waals surface area contributed by atoms with Crippen LogP contribution in [0.5, 0.6) is 5.75 Å². The van der Waals surface area contributed by atoms with Crippen LogP contribution in [0.15, 0.2) is 72.9 Å². The fourth-order valence-electron chi connectivity index (χ4n) is 10.1. The van der Waals surface area contributed by atoms with Gasteiger partial charge in [0.05, 0.1) is 35.6 Å². The number of carbonyl (C=O) groups excluding carboxylic acids is 5. The van der Waals surface area contributed by atoms with Crippen LogP contribution < -0.4 is 19.9 Å². The Morgan fingerprint density at radius 1 is 0.862 bits per heavy atom. The van der Waals surface area contributed by atoms with Gasteiger partial charge in [-0.1, -0.05) is 49.7 Å². The zero-order valence-corrected chi connectivity index (χ0v) is 37.4. The molecule has 3 aromatic carbocycles. The summed E-state index contributed by atoms with van der Waals surface area (Å²) in [6.45, 7) is 17.9. The average molecular weight is 898 g/mol. The van der Waals surface area contributed by atoms with Gasteiger partial charge in [-0.3, -0.25) is 44.0 Å². The van der Waals surface area contributed by atoms with Crippen molar-refractivity contribution in [2.75, 3.05) is 62.2 Å². The van der Waals surface area contributed by atoms with Crippen LogP contribution in [0.4, 0.5) is 17.3 Å². The van der Waals surface area contributed by atoms with Gasteiger partial charge in [0, 0.05) is 61.8 Å². The zero-order chi connectivity index (χ0) is 45.4. The number of rotatable bonds is 11. The van der Waals surface area contributed by atoms with E-state index in [1.807, 2.05) is 42.5 Å². The van der Waals surface area contributed by atoms with Gasteiger partial charge >= 0.3 is 0 Å². The molecule has 5 amide bonds. The van der Waals surface area contributed by atoms with Gasteiger partial charge in [-0.15, -0.1) is 0 Å². The summed E-state index contributed by atoms with van der Waals surface area (Å²) >= 11 is 6.31. The molecule has 4 aromatic rings. The summed E-state index contributed by atoms with van der Waals surface area (Å²) in [5.74, 6) is -0.390. The number of fused-ring (bicyclic) bond motifs is 1. The third-order valence-corrected chi connectivity index (χ3v) is 14.1. The Morgan fingerprint density at radius 3 is 2.35 bits per heavy atom. The average Bonchev–Trinajstić information content (AvgIpc) is 3.57. The quantitative estimate of drug-likeness (QED) is 0.139. The Hall–Kier alpha value is -6.21. The molecule has 15 nitrogen and oxygen atoms in total. The number of nitrogens with zero attached hydrogens (tertiary/aromatic N) is 8. The molecule has 0 aliphatic carbocycles. The van der Waals surface area contributed by atoms with Gasteiger partial charge in [-0.2, -0.15) is 0 Å². The lowest BCUT2D eigenvalue weighted by Gasteiger charge is -2.43. The molecule has 0 bridgehead atoms. The van der Waals surface area contributed by atoms with Crippen LogP contribution in [0.2, 0.25) is 5.02 Å². The van der Waals surface area contributed by atoms with Gasteiger partial charge in [0.2, 0.25) is 23.7 Å². The first-order chi connectivity index (χ1) is 31.4. The van der Waals surface area contributed by atoms with Crippen molar-refractivity contribution in [3.63, 3.8) is 0 Å². The number of piperazine rings is 1. The Labute approximate surface area is 383 Å². The molecule has 1 unspecified atom stereocenters. The lowest BCUT2D eigenvalue weighted by Crippen LogP contribution is -2.56. The normalized spacial score (nSPS) is 20.6. The number of amides is 5. The highest BCUT2D eigenvalue weighted by atomic mass is 35.5. The lowest BCUT2D eigenvalue weighted by molar-refractivity contribution is -0.136. The highest BCUT2D eigenvalue weighted by Crippen LogP contribution is 2.38. The number of ether oxygens (including phenoxy) is 1. The fourth-order valence-corrected chi connectivity index (χ4v) is 10.3. The summed E-state index contributed by atoms with van der Waals surface area (Å²) in [5, 5.41) is 2.80. The minimum absolute atomic E-state index is 0.0104. The largest absolute Gasteiger partial charge is 0.487 e. The van der Waals surface area contributed by atoms with Gasteiger partial charge in [-0.25, -0.2) is 14.8 Å². The lowest BCUT2D eigenvalue weighted by atomic mass is 9.78. The maximum atomic E-state index is 13.7. The van der Waals surface area contributed by atoms with E-state index in [4.69, 9.17) is 27.9 Å². The maximum Gasteiger partial charge on any atom is 0.264 e. The molecule has 65 heavy (non-hydrogen) atoms. The summed E-state index contributed by atoms with van der Waals surface area (Å²) in [7, 11) is 0. The molecule has 0 saturated carbocycles. The van der Waals surface area contributed by atoms with E-state index in [0.717, 1.165) is 86.7 Å². The fraction of sp³-hybridized carbons (Fsp3) is 0.429. The van der Waals surface area contributed by atoms with Crippen molar-refractivity contribution in [3.05, 3.63) is 117 Å². The molecular weight excluding hydrogens is 846 g/mol. The summed E-state index contributed by atoms with van der Waals surface area (Å²) in [4.78, 5) is 87.4. The van der Waals surface area contributed by atoms with Crippen LogP contribution in [0.1, 0.15) is 89.9 Å². The highest BCUT2D eigenvalue weighted by Gasteiger charge is 2.46. The molecule has 1 aromatic heterocycles. The smallest absolute Gasteiger partial charge is 0.264 e. The van der Waals surface area contributed by atoms with Crippen molar-refractivity contribution in [2.45, 2.75) is 76.5 Å². The number of aromatic nitrogens is 2. The highest BCUT2D eigenvalue weighted by molar-refractivity contribution is 6.31. The SMILES string of the molecule is [C-]#[N+]c1cc(Cl)cc(C(C)(C)c2ccc(OCc3ccnc(N4CCN(C5CCN(CC6CCN(c7cccc8c7C(=O)N(C7CCC(=O)NC7=O)C8=O)CC6)CC5)CC4=O)n3)cc2)c1. The van der Waals surface area contributed by atoms with E-state index in [1.54, 1.807) is 35.4 Å². The number of piperidine rings is 3. The third kappa shape index (κ3) is 9.07. The van der Waals surface area contributed by atoms with E-state index in [-0.39, 0.29) is 30.8 Å². The molecule has 9 rings (SSSR count). The molecule has 5 aliphatic rings. The van der Waals surface area contributed by atoms with Gasteiger partial charge < -0.3 is 14.5 Å². The van der Waals surface area contributed by atoms with Crippen molar-refractivity contribution < 1.29 is 28.7 Å². The second-order valence-corrected chi connectivity index (χ2v) is 18.7. The summed E-state index contributed by atoms with van der Waals surface area (Å²) < 4.78 is 6.10. The number of likely N-dealkylation sites (tertiary alicyclic amines) is 1. The Morgan fingerprint density at radius 2 is 1.63 bits per heavy atom. The Bertz CT molecular complexity index is 2560. The molecule has 5 aliphatic heterocycles. The number of anilines is 2. The second-order valence-electron chi connectivity index (χ2n) is 18.2. The van der Waals surface area contributed by atoms with Crippen molar-refractivity contribution >= 4 is 58.5 Å². The molecule has 4 fully saturated rings. The Kier molecular flexibility index (Phi) is 12.4. The monoisotopic (exact) mass is 897 g/mol. The number of carbonyl (C=O) groups is 5. The molecule has 0 radical (unpaired) electrons. The minimum atomic E-state index is -0.987. The minimum Gasteiger partial charge on any atom is -0.487 e. The first-order valence-corrected chi connectivity index (χ1v) is 22.8. The van der Waals surface area contributed by atoms with E-state index >= 15 is 0 Å². The zero-order valence-electron chi connectivity index (χ0n) is 36.7. The van der Waals surface area contributed by atoms with Crippen molar-refractivity contribution in [1.82, 2.24) is 30.0 Å². The van der Waals surface area contributed by atoms with Crippen molar-refractivity contribution in [1.29, 1.82) is 0 Å². The van der Waals surface area contributed by atoms with Crippen LogP contribution in [0.25, 0.3) is 4.85 Å². The van der Waals surface area contributed by atoms with Gasteiger partial charge in [0.1, 0.15) is 18.4 Å². The van der Waals surface area contributed by atoms with Gasteiger partial charge in [0.15, 0.2) is 5.69 Å². The first-order valence-electron chi connectivity index (χ1n) is 22.5. The van der Waals surface area contributed by atoms with Crippen LogP contribution in [-0.2, 0) is 26.4 Å². The van der Waals surface area contributed by atoms with Crippen LogP contribution in [0, 0.1) is 12.5 Å². The van der Waals surface area contributed by atoms with Crippen molar-refractivity contribution in [2.24, 2.45) is 5.92 Å². The van der Waals surface area contributed by atoms with Crippen LogP contribution >= 0.6 is 11.6 Å². The number of nitrogens with one attached hydrogen (secondary N) is 1. The predicted octanol–water partition coefficient (Wildman–Crippen LogP) is 6.02. The standard InChI is InChI=1S/C49H52ClN9O6/c1-49(2,33-25-34(50)27-36(26-33)51-3)32-7-9-38(10-8-32)65-30-35-13-18-52-48(53-35)58-24-23-57(29-43(58)61)37-16-19-55(20-17-37)28-31-14-21-56(22-15-31)40-6-4-5-39-44(40)47(64)59(46(39)63)41-11-12-42(60)54-45(41)62/h4-10,13,18,25-27,31,37,41H,11-12,14-17,19-24,28-30H2,1-2H3,(H,54,60,62). The second kappa shape index (κ2) is 18.3. The third-order valence-electron chi connectivity index (χ3n) is 13.9. The predicted molar refractivity (Wildman–Crippen MR) is 244 cm³/mol. The molecule has 4 saturated heterocycles. The number of halogens is 1. The topological polar surface area (TPSA) is 153 Å². The summed E-state index contributed by atoms with van der Waals surface area (Å²) in [5.41, 5.74) is 4.20. The number of benzene rings is 3. The first kappa shape index (κ1) is 44.0. The van der Waals surface area contributed by atoms with E-state index in [0.29, 0.717) is 64.3 Å². The maximum absolute atomic E-state index is 13.7. The number of imide groups is 2. The molecule has 1 atom stereocenters.